The van der Waals surface area contributed by atoms with E-state index in [1.165, 1.54) is 12.7 Å². The Hall–Kier alpha value is -1.92. The summed E-state index contributed by atoms with van der Waals surface area (Å²) >= 11 is 0. The summed E-state index contributed by atoms with van der Waals surface area (Å²) in [5.74, 6) is 0.135. The highest BCUT2D eigenvalue weighted by Crippen LogP contribution is 2.37. The first-order valence-electron chi connectivity index (χ1n) is 8.21. The summed E-state index contributed by atoms with van der Waals surface area (Å²) in [5.41, 5.74) is 2.09. The lowest BCUT2D eigenvalue weighted by atomic mass is 9.78. The summed E-state index contributed by atoms with van der Waals surface area (Å²) < 4.78 is 1.69. The zero-order valence-corrected chi connectivity index (χ0v) is 14.3. The van der Waals surface area contributed by atoms with Crippen LogP contribution >= 0.6 is 12.4 Å². The zero-order chi connectivity index (χ0) is 15.7. The van der Waals surface area contributed by atoms with Crippen molar-refractivity contribution in [3.8, 4) is 5.69 Å². The lowest BCUT2D eigenvalue weighted by Crippen LogP contribution is -2.44. The summed E-state index contributed by atoms with van der Waals surface area (Å²) in [4.78, 5) is 18.6. The number of benzene rings is 1. The third-order valence-electron chi connectivity index (χ3n) is 5.24. The van der Waals surface area contributed by atoms with Crippen molar-refractivity contribution in [2.75, 3.05) is 26.2 Å². The molecule has 1 amide bonds. The first-order chi connectivity index (χ1) is 11.3. The predicted molar refractivity (Wildman–Crippen MR) is 93.7 cm³/mol. The Morgan fingerprint density at radius 1 is 1.12 bits per heavy atom. The van der Waals surface area contributed by atoms with Crippen LogP contribution in [0.3, 0.4) is 0 Å². The van der Waals surface area contributed by atoms with Crippen LogP contribution in [0.25, 0.3) is 5.69 Å². The molecule has 1 aromatic heterocycles. The maximum Gasteiger partial charge on any atom is 0.253 e. The molecule has 7 heteroatoms. The molecule has 128 valence electrons. The van der Waals surface area contributed by atoms with Crippen LogP contribution in [0.5, 0.6) is 0 Å². The number of rotatable bonds is 2. The number of amides is 1. The molecule has 6 nitrogen and oxygen atoms in total. The van der Waals surface area contributed by atoms with E-state index < -0.39 is 0 Å². The Morgan fingerprint density at radius 2 is 1.88 bits per heavy atom. The SMILES string of the molecule is Cl.O=C(c1ccc(-n2cncn2)cc1)N1CCC2(CCNC2)CC1. The minimum Gasteiger partial charge on any atom is -0.339 e. The molecule has 2 aromatic rings. The fourth-order valence-corrected chi connectivity index (χ4v) is 3.69. The lowest BCUT2D eigenvalue weighted by molar-refractivity contribution is 0.0607. The molecule has 0 bridgehead atoms. The van der Waals surface area contributed by atoms with Crippen LogP contribution < -0.4 is 5.32 Å². The van der Waals surface area contributed by atoms with Gasteiger partial charge in [0.05, 0.1) is 5.69 Å². The fraction of sp³-hybridized carbons (Fsp3) is 0.471. The smallest absolute Gasteiger partial charge is 0.253 e. The van der Waals surface area contributed by atoms with Crippen LogP contribution in [0.1, 0.15) is 29.6 Å². The van der Waals surface area contributed by atoms with Gasteiger partial charge in [-0.15, -0.1) is 12.4 Å². The van der Waals surface area contributed by atoms with Crippen molar-refractivity contribution in [2.45, 2.75) is 19.3 Å². The molecular formula is C17H22ClN5O. The number of piperidine rings is 1. The third kappa shape index (κ3) is 3.16. The van der Waals surface area contributed by atoms with E-state index in [0.717, 1.165) is 50.3 Å². The Bertz CT molecular complexity index is 670. The zero-order valence-electron chi connectivity index (χ0n) is 13.5. The lowest BCUT2D eigenvalue weighted by Gasteiger charge is -2.38. The second-order valence-electron chi connectivity index (χ2n) is 6.61. The number of hydrogen-bond acceptors (Lipinski definition) is 4. The summed E-state index contributed by atoms with van der Waals surface area (Å²) in [6, 6.07) is 7.57. The summed E-state index contributed by atoms with van der Waals surface area (Å²) in [7, 11) is 0. The number of carbonyl (C=O) groups excluding carboxylic acids is 1. The highest BCUT2D eigenvalue weighted by Gasteiger charge is 2.38. The maximum absolute atomic E-state index is 12.7. The number of carbonyl (C=O) groups is 1. The molecule has 2 aliphatic heterocycles. The van der Waals surface area contributed by atoms with Gasteiger partial charge in [0.2, 0.25) is 0 Å². The molecule has 0 unspecified atom stereocenters. The van der Waals surface area contributed by atoms with Crippen molar-refractivity contribution in [3.63, 3.8) is 0 Å². The number of aromatic nitrogens is 3. The molecule has 0 saturated carbocycles. The van der Waals surface area contributed by atoms with Crippen molar-refractivity contribution in [3.05, 3.63) is 42.5 Å². The third-order valence-corrected chi connectivity index (χ3v) is 5.24. The van der Waals surface area contributed by atoms with Crippen LogP contribution in [0.2, 0.25) is 0 Å². The van der Waals surface area contributed by atoms with Crippen molar-refractivity contribution in [1.82, 2.24) is 25.0 Å². The highest BCUT2D eigenvalue weighted by atomic mass is 35.5. The van der Waals surface area contributed by atoms with Gasteiger partial charge in [0.25, 0.3) is 5.91 Å². The molecular weight excluding hydrogens is 326 g/mol. The van der Waals surface area contributed by atoms with E-state index >= 15 is 0 Å². The molecule has 2 fully saturated rings. The predicted octanol–water partition coefficient (Wildman–Crippen LogP) is 1.90. The van der Waals surface area contributed by atoms with Crippen molar-refractivity contribution >= 4 is 18.3 Å². The quantitative estimate of drug-likeness (QED) is 0.901. The molecule has 2 aliphatic rings. The van der Waals surface area contributed by atoms with Crippen LogP contribution in [0.4, 0.5) is 0 Å². The van der Waals surface area contributed by atoms with Crippen molar-refractivity contribution < 1.29 is 4.79 Å². The molecule has 1 spiro atoms. The van der Waals surface area contributed by atoms with Gasteiger partial charge in [0.15, 0.2) is 0 Å². The van der Waals surface area contributed by atoms with Crippen LogP contribution in [0.15, 0.2) is 36.9 Å². The average molecular weight is 348 g/mol. The van der Waals surface area contributed by atoms with Crippen molar-refractivity contribution in [1.29, 1.82) is 0 Å². The van der Waals surface area contributed by atoms with E-state index in [-0.39, 0.29) is 18.3 Å². The molecule has 1 aromatic carbocycles. The standard InChI is InChI=1S/C17H21N5O.ClH/c23-16(21-9-6-17(7-10-21)5-8-18-11-17)14-1-3-15(4-2-14)22-13-19-12-20-22;/h1-4,12-13,18H,5-11H2;1H. The maximum atomic E-state index is 12.7. The summed E-state index contributed by atoms with van der Waals surface area (Å²) in [6.07, 6.45) is 6.63. The molecule has 1 N–H and O–H groups in total. The van der Waals surface area contributed by atoms with Gasteiger partial charge in [0.1, 0.15) is 12.7 Å². The number of hydrogen-bond donors (Lipinski definition) is 1. The Labute approximate surface area is 147 Å². The number of nitrogens with zero attached hydrogens (tertiary/aromatic N) is 4. The summed E-state index contributed by atoms with van der Waals surface area (Å²) in [6.45, 7) is 3.97. The van der Waals surface area contributed by atoms with E-state index in [4.69, 9.17) is 0 Å². The first-order valence-corrected chi connectivity index (χ1v) is 8.21. The molecule has 2 saturated heterocycles. The van der Waals surface area contributed by atoms with Gasteiger partial charge in [-0.25, -0.2) is 9.67 Å². The van der Waals surface area contributed by atoms with Gasteiger partial charge in [-0.05, 0) is 55.5 Å². The first kappa shape index (κ1) is 16.9. The normalized spacial score (nSPS) is 19.2. The second-order valence-corrected chi connectivity index (χ2v) is 6.61. The van der Waals surface area contributed by atoms with Gasteiger partial charge in [0, 0.05) is 25.2 Å². The molecule has 4 rings (SSSR count). The molecule has 0 aliphatic carbocycles. The van der Waals surface area contributed by atoms with Gasteiger partial charge in [-0.3, -0.25) is 4.79 Å². The number of nitrogens with one attached hydrogen (secondary N) is 1. The van der Waals surface area contributed by atoms with Crippen LogP contribution in [-0.4, -0.2) is 51.8 Å². The number of halogens is 1. The van der Waals surface area contributed by atoms with E-state index in [0.29, 0.717) is 5.41 Å². The fourth-order valence-electron chi connectivity index (χ4n) is 3.69. The van der Waals surface area contributed by atoms with Crippen LogP contribution in [-0.2, 0) is 0 Å². The molecule has 3 heterocycles. The van der Waals surface area contributed by atoms with Gasteiger partial charge in [-0.1, -0.05) is 0 Å². The van der Waals surface area contributed by atoms with Crippen LogP contribution in [0, 0.1) is 5.41 Å². The van der Waals surface area contributed by atoms with Crippen molar-refractivity contribution in [2.24, 2.45) is 5.41 Å². The molecule has 0 atom stereocenters. The van der Waals surface area contributed by atoms with Gasteiger partial charge in [-0.2, -0.15) is 5.10 Å². The topological polar surface area (TPSA) is 63.1 Å². The molecule has 0 radical (unpaired) electrons. The monoisotopic (exact) mass is 347 g/mol. The minimum absolute atomic E-state index is 0. The van der Waals surface area contributed by atoms with E-state index in [1.807, 2.05) is 29.2 Å². The largest absolute Gasteiger partial charge is 0.339 e. The summed E-state index contributed by atoms with van der Waals surface area (Å²) in [5, 5.41) is 7.56. The Morgan fingerprint density at radius 3 is 2.46 bits per heavy atom. The average Bonchev–Trinajstić information content (AvgIpc) is 3.28. The van der Waals surface area contributed by atoms with E-state index in [1.54, 1.807) is 11.0 Å². The number of likely N-dealkylation sites (tertiary alicyclic amines) is 1. The van der Waals surface area contributed by atoms with Gasteiger partial charge >= 0.3 is 0 Å². The van der Waals surface area contributed by atoms with E-state index in [9.17, 15) is 4.79 Å². The molecule has 24 heavy (non-hydrogen) atoms. The Balaban J connectivity index is 0.00000169. The minimum atomic E-state index is 0. The second kappa shape index (κ2) is 6.91. The Kier molecular flexibility index (Phi) is 4.87. The highest BCUT2D eigenvalue weighted by molar-refractivity contribution is 5.94. The van der Waals surface area contributed by atoms with Gasteiger partial charge < -0.3 is 10.2 Å². The van der Waals surface area contributed by atoms with E-state index in [2.05, 4.69) is 15.4 Å².